The zero-order valence-corrected chi connectivity index (χ0v) is 15.2. The van der Waals surface area contributed by atoms with Gasteiger partial charge in [-0.1, -0.05) is 34.1 Å². The van der Waals surface area contributed by atoms with E-state index in [0.29, 0.717) is 6.42 Å². The Morgan fingerprint density at radius 1 is 1.33 bits per heavy atom. The second-order valence-electron chi connectivity index (χ2n) is 5.73. The zero-order chi connectivity index (χ0) is 15.2. The van der Waals surface area contributed by atoms with Crippen molar-refractivity contribution in [3.05, 3.63) is 67.2 Å². The second kappa shape index (κ2) is 5.39. The fourth-order valence-corrected chi connectivity index (χ4v) is 4.20. The normalized spacial score (nSPS) is 23.9. The van der Waals surface area contributed by atoms with Crippen LogP contribution in [0.2, 0.25) is 0 Å². The standard InChI is InChI=1S/C17H14BrIO2/c1-17(16(20)21)9-11-5-6-13(19)8-14(11)15(17)10-3-2-4-12(18)7-10/h2-8,15H,9H2,1H3,(H,20,21)/t15-,17+/m0/s1. The van der Waals surface area contributed by atoms with E-state index in [-0.39, 0.29) is 5.92 Å². The van der Waals surface area contributed by atoms with Crippen LogP contribution in [-0.2, 0) is 11.2 Å². The van der Waals surface area contributed by atoms with Gasteiger partial charge < -0.3 is 5.11 Å². The van der Waals surface area contributed by atoms with E-state index in [2.05, 4.69) is 50.7 Å². The minimum Gasteiger partial charge on any atom is -0.481 e. The number of aliphatic carboxylic acids is 1. The summed E-state index contributed by atoms with van der Waals surface area (Å²) >= 11 is 5.77. The summed E-state index contributed by atoms with van der Waals surface area (Å²) in [5, 5.41) is 9.80. The van der Waals surface area contributed by atoms with Crippen molar-refractivity contribution in [3.63, 3.8) is 0 Å². The molecule has 0 amide bonds. The summed E-state index contributed by atoms with van der Waals surface area (Å²) in [6, 6.07) is 14.2. The van der Waals surface area contributed by atoms with Gasteiger partial charge >= 0.3 is 5.97 Å². The molecule has 0 heterocycles. The molecule has 1 aliphatic rings. The number of hydrogen-bond donors (Lipinski definition) is 1. The lowest BCUT2D eigenvalue weighted by Gasteiger charge is -2.28. The fourth-order valence-electron chi connectivity index (χ4n) is 3.27. The molecule has 4 heteroatoms. The molecule has 0 spiro atoms. The van der Waals surface area contributed by atoms with Crippen LogP contribution in [0.1, 0.15) is 29.5 Å². The summed E-state index contributed by atoms with van der Waals surface area (Å²) in [6.45, 7) is 1.85. The Morgan fingerprint density at radius 2 is 2.10 bits per heavy atom. The minimum absolute atomic E-state index is 0.114. The Kier molecular flexibility index (Phi) is 3.86. The number of fused-ring (bicyclic) bond motifs is 1. The quantitative estimate of drug-likeness (QED) is 0.657. The smallest absolute Gasteiger partial charge is 0.310 e. The lowest BCUT2D eigenvalue weighted by Crippen LogP contribution is -2.32. The lowest BCUT2D eigenvalue weighted by atomic mass is 9.74. The van der Waals surface area contributed by atoms with Crippen LogP contribution in [0.25, 0.3) is 0 Å². The SMILES string of the molecule is C[C@@]1(C(=O)O)Cc2ccc(I)cc2[C@@H]1c1cccc(Br)c1. The van der Waals surface area contributed by atoms with Crippen molar-refractivity contribution >= 4 is 44.5 Å². The van der Waals surface area contributed by atoms with E-state index in [4.69, 9.17) is 0 Å². The van der Waals surface area contributed by atoms with Crippen LogP contribution in [0.5, 0.6) is 0 Å². The molecule has 2 aromatic carbocycles. The third-order valence-electron chi connectivity index (χ3n) is 4.28. The van der Waals surface area contributed by atoms with Crippen molar-refractivity contribution in [1.29, 1.82) is 0 Å². The van der Waals surface area contributed by atoms with Gasteiger partial charge in [0, 0.05) is 14.0 Å². The summed E-state index contributed by atoms with van der Waals surface area (Å²) in [5.41, 5.74) is 2.54. The van der Waals surface area contributed by atoms with Crippen molar-refractivity contribution in [3.8, 4) is 0 Å². The Morgan fingerprint density at radius 3 is 2.76 bits per heavy atom. The molecule has 2 nitrogen and oxygen atoms in total. The molecule has 1 aliphatic carbocycles. The molecule has 1 N–H and O–H groups in total. The first-order valence-corrected chi connectivity index (χ1v) is 8.56. The number of carboxylic acid groups (broad SMARTS) is 1. The maximum Gasteiger partial charge on any atom is 0.310 e. The fraction of sp³-hybridized carbons (Fsp3) is 0.235. The molecule has 3 rings (SSSR count). The molecule has 2 aromatic rings. The van der Waals surface area contributed by atoms with E-state index in [1.165, 1.54) is 0 Å². The molecule has 0 saturated heterocycles. The van der Waals surface area contributed by atoms with E-state index >= 15 is 0 Å². The molecule has 0 radical (unpaired) electrons. The van der Waals surface area contributed by atoms with Crippen LogP contribution in [-0.4, -0.2) is 11.1 Å². The predicted octanol–water partition coefficient (Wildman–Crippen LogP) is 4.83. The summed E-state index contributed by atoms with van der Waals surface area (Å²) in [4.78, 5) is 11.9. The van der Waals surface area contributed by atoms with Gasteiger partial charge in [-0.15, -0.1) is 0 Å². The molecule has 0 saturated carbocycles. The van der Waals surface area contributed by atoms with Gasteiger partial charge in [-0.25, -0.2) is 0 Å². The van der Waals surface area contributed by atoms with E-state index < -0.39 is 11.4 Å². The number of carbonyl (C=O) groups is 1. The summed E-state index contributed by atoms with van der Waals surface area (Å²) in [5.74, 6) is -0.851. The molecule has 0 bridgehead atoms. The van der Waals surface area contributed by atoms with Crippen LogP contribution in [0, 0.1) is 8.99 Å². The highest BCUT2D eigenvalue weighted by Gasteiger charge is 2.49. The minimum atomic E-state index is -0.798. The Hall–Kier alpha value is -0.880. The average Bonchev–Trinajstić information content (AvgIpc) is 2.71. The van der Waals surface area contributed by atoms with Gasteiger partial charge in [0.15, 0.2) is 0 Å². The number of halogens is 2. The van der Waals surface area contributed by atoms with Crippen LogP contribution in [0.15, 0.2) is 46.9 Å². The Bertz CT molecular complexity index is 728. The summed E-state index contributed by atoms with van der Waals surface area (Å²) in [6.07, 6.45) is 0.575. The number of rotatable bonds is 2. The van der Waals surface area contributed by atoms with Gasteiger partial charge in [0.05, 0.1) is 5.41 Å². The van der Waals surface area contributed by atoms with E-state index in [1.54, 1.807) is 0 Å². The zero-order valence-electron chi connectivity index (χ0n) is 11.4. The maximum atomic E-state index is 11.9. The topological polar surface area (TPSA) is 37.3 Å². The van der Waals surface area contributed by atoms with Crippen molar-refractivity contribution < 1.29 is 9.90 Å². The molecule has 2 atom stereocenters. The first-order chi connectivity index (χ1) is 9.91. The number of benzene rings is 2. The Labute approximate surface area is 145 Å². The molecular formula is C17H14BrIO2. The van der Waals surface area contributed by atoms with Crippen LogP contribution < -0.4 is 0 Å². The average molecular weight is 457 g/mol. The number of carboxylic acids is 1. The van der Waals surface area contributed by atoms with E-state index in [9.17, 15) is 9.90 Å². The predicted molar refractivity (Wildman–Crippen MR) is 94.6 cm³/mol. The third-order valence-corrected chi connectivity index (χ3v) is 5.45. The van der Waals surface area contributed by atoms with Crippen LogP contribution >= 0.6 is 38.5 Å². The first kappa shape index (κ1) is 15.0. The molecular weight excluding hydrogens is 443 g/mol. The lowest BCUT2D eigenvalue weighted by molar-refractivity contribution is -0.148. The van der Waals surface area contributed by atoms with Gasteiger partial charge in [-0.3, -0.25) is 4.79 Å². The molecule has 0 aliphatic heterocycles. The first-order valence-electron chi connectivity index (χ1n) is 6.69. The molecule has 0 fully saturated rings. The molecule has 0 unspecified atom stereocenters. The van der Waals surface area contributed by atoms with Crippen LogP contribution in [0.4, 0.5) is 0 Å². The van der Waals surface area contributed by atoms with E-state index in [0.717, 1.165) is 24.7 Å². The van der Waals surface area contributed by atoms with Crippen LogP contribution in [0.3, 0.4) is 0 Å². The largest absolute Gasteiger partial charge is 0.481 e. The van der Waals surface area contributed by atoms with E-state index in [1.807, 2.05) is 37.3 Å². The van der Waals surface area contributed by atoms with Gasteiger partial charge in [-0.2, -0.15) is 0 Å². The monoisotopic (exact) mass is 456 g/mol. The number of hydrogen-bond acceptors (Lipinski definition) is 1. The van der Waals surface area contributed by atoms with Crippen molar-refractivity contribution in [2.24, 2.45) is 5.41 Å². The van der Waals surface area contributed by atoms with Crippen molar-refractivity contribution in [2.45, 2.75) is 19.3 Å². The summed E-state index contributed by atoms with van der Waals surface area (Å²) in [7, 11) is 0. The van der Waals surface area contributed by atoms with Gasteiger partial charge in [-0.05, 0) is 76.9 Å². The van der Waals surface area contributed by atoms with Gasteiger partial charge in [0.25, 0.3) is 0 Å². The highest BCUT2D eigenvalue weighted by atomic mass is 127. The highest BCUT2D eigenvalue weighted by Crippen LogP contribution is 2.51. The Balaban J connectivity index is 2.22. The molecule has 21 heavy (non-hydrogen) atoms. The van der Waals surface area contributed by atoms with Crippen molar-refractivity contribution in [2.75, 3.05) is 0 Å². The molecule has 0 aromatic heterocycles. The highest BCUT2D eigenvalue weighted by molar-refractivity contribution is 14.1. The third kappa shape index (κ3) is 2.52. The van der Waals surface area contributed by atoms with Gasteiger partial charge in [0.2, 0.25) is 0 Å². The maximum absolute atomic E-state index is 11.9. The summed E-state index contributed by atoms with van der Waals surface area (Å²) < 4.78 is 2.12. The van der Waals surface area contributed by atoms with Gasteiger partial charge in [0.1, 0.15) is 0 Å². The molecule has 108 valence electrons. The second-order valence-corrected chi connectivity index (χ2v) is 7.89. The van der Waals surface area contributed by atoms with Crippen molar-refractivity contribution in [1.82, 2.24) is 0 Å².